The van der Waals surface area contributed by atoms with Gasteiger partial charge >= 0.3 is 0 Å². The molecule has 1 unspecified atom stereocenters. The van der Waals surface area contributed by atoms with Crippen molar-refractivity contribution in [2.45, 2.75) is 12.3 Å². The van der Waals surface area contributed by atoms with Crippen molar-refractivity contribution in [3.05, 3.63) is 192 Å². The second-order valence-corrected chi connectivity index (χ2v) is 13.5. The summed E-state index contributed by atoms with van der Waals surface area (Å²) in [7, 11) is 0. The van der Waals surface area contributed by atoms with Crippen LogP contribution in [0, 0.1) is 0 Å². The van der Waals surface area contributed by atoms with E-state index >= 15 is 0 Å². The van der Waals surface area contributed by atoms with Gasteiger partial charge in [0.05, 0.1) is 0 Å². The lowest BCUT2D eigenvalue weighted by molar-refractivity contribution is 0.623. The van der Waals surface area contributed by atoms with Crippen molar-refractivity contribution in [3.8, 4) is 22.6 Å². The Hall–Kier alpha value is -6.71. The zero-order valence-corrected chi connectivity index (χ0v) is 28.5. The Labute approximate surface area is 302 Å². The lowest BCUT2D eigenvalue weighted by Crippen LogP contribution is -2.27. The van der Waals surface area contributed by atoms with E-state index in [1.807, 2.05) is 30.3 Å². The second-order valence-electron chi connectivity index (χ2n) is 13.5. The molecule has 0 radical (unpaired) electrons. The van der Waals surface area contributed by atoms with Crippen LogP contribution in [0.4, 0.5) is 17.1 Å². The van der Waals surface area contributed by atoms with Crippen LogP contribution in [0.15, 0.2) is 180 Å². The van der Waals surface area contributed by atoms with Gasteiger partial charge in [-0.25, -0.2) is 4.98 Å². The standard InChI is InChI=1S/C49H34N2O/c1-3-11-33(12-4-1)35-21-25-40(26-22-35)51(41-27-23-36(24-28-41)39-20-19-34-13-7-8-16-38(34)31-39)42-29-30-45-46(32-42)43-17-9-10-18-44(43)47-48(45)52-49(50-47)37-14-5-2-6-15-37/h1-19,21-32,39H,20H2. The first-order valence-corrected chi connectivity index (χ1v) is 17.9. The van der Waals surface area contributed by atoms with Crippen LogP contribution in [0.25, 0.3) is 67.4 Å². The largest absolute Gasteiger partial charge is 0.435 e. The monoisotopic (exact) mass is 666 g/mol. The molecular weight excluding hydrogens is 633 g/mol. The van der Waals surface area contributed by atoms with E-state index < -0.39 is 0 Å². The van der Waals surface area contributed by atoms with Crippen LogP contribution in [0.5, 0.6) is 0 Å². The molecule has 1 heterocycles. The van der Waals surface area contributed by atoms with Crippen molar-refractivity contribution >= 4 is 61.9 Å². The third kappa shape index (κ3) is 5.26. The van der Waals surface area contributed by atoms with Crippen LogP contribution in [0.3, 0.4) is 0 Å². The lowest BCUT2D eigenvalue weighted by Gasteiger charge is -2.27. The van der Waals surface area contributed by atoms with Crippen LogP contribution in [0.1, 0.15) is 17.9 Å². The molecule has 1 aromatic heterocycles. The summed E-state index contributed by atoms with van der Waals surface area (Å²) in [6.07, 6.45) is 5.77. The Kier molecular flexibility index (Phi) is 7.28. The molecule has 1 aliphatic rings. The summed E-state index contributed by atoms with van der Waals surface area (Å²) in [5.74, 6) is 0.980. The van der Waals surface area contributed by atoms with Crippen LogP contribution >= 0.6 is 0 Å². The number of hydrogen-bond acceptors (Lipinski definition) is 3. The van der Waals surface area contributed by atoms with Crippen molar-refractivity contribution in [2.24, 2.45) is 0 Å². The molecule has 0 fully saturated rings. The van der Waals surface area contributed by atoms with Gasteiger partial charge in [0, 0.05) is 39.3 Å². The van der Waals surface area contributed by atoms with Gasteiger partial charge < -0.3 is 9.32 Å². The van der Waals surface area contributed by atoms with E-state index in [2.05, 4.69) is 163 Å². The van der Waals surface area contributed by atoms with Crippen LogP contribution in [0.2, 0.25) is 0 Å². The maximum absolute atomic E-state index is 6.56. The number of oxazole rings is 1. The van der Waals surface area contributed by atoms with E-state index in [0.717, 1.165) is 61.7 Å². The quantitative estimate of drug-likeness (QED) is 0.165. The Morgan fingerprint density at radius 1 is 0.481 bits per heavy atom. The third-order valence-corrected chi connectivity index (χ3v) is 10.4. The van der Waals surface area contributed by atoms with Gasteiger partial charge in [-0.2, -0.15) is 0 Å². The summed E-state index contributed by atoms with van der Waals surface area (Å²) in [6.45, 7) is 0. The molecule has 3 nitrogen and oxygen atoms in total. The van der Waals surface area contributed by atoms with Gasteiger partial charge in [0.25, 0.3) is 0 Å². The summed E-state index contributed by atoms with van der Waals surface area (Å²) in [5.41, 5.74) is 9.65. The molecule has 0 spiro atoms. The highest BCUT2D eigenvalue weighted by Gasteiger charge is 2.20. The zero-order valence-electron chi connectivity index (χ0n) is 28.5. The second kappa shape index (κ2) is 12.6. The maximum atomic E-state index is 6.56. The highest BCUT2D eigenvalue weighted by Crippen LogP contribution is 2.42. The molecule has 0 saturated heterocycles. The first-order chi connectivity index (χ1) is 25.8. The van der Waals surface area contributed by atoms with Crippen molar-refractivity contribution in [1.82, 2.24) is 4.98 Å². The number of aromatic nitrogens is 1. The number of rotatable bonds is 6. The molecule has 0 N–H and O–H groups in total. The summed E-state index contributed by atoms with van der Waals surface area (Å²) in [6, 6.07) is 62.6. The third-order valence-electron chi connectivity index (χ3n) is 10.4. The topological polar surface area (TPSA) is 29.3 Å². The fourth-order valence-electron chi connectivity index (χ4n) is 7.78. The highest BCUT2D eigenvalue weighted by molar-refractivity contribution is 6.23. The van der Waals surface area contributed by atoms with Gasteiger partial charge in [-0.3, -0.25) is 0 Å². The molecule has 10 rings (SSSR count). The zero-order chi connectivity index (χ0) is 34.4. The molecule has 0 bridgehead atoms. The van der Waals surface area contributed by atoms with Gasteiger partial charge in [0.1, 0.15) is 5.52 Å². The Balaban J connectivity index is 1.12. The molecule has 0 amide bonds. The molecule has 1 aliphatic carbocycles. The average Bonchev–Trinajstić information content (AvgIpc) is 3.68. The van der Waals surface area contributed by atoms with Gasteiger partial charge in [-0.05, 0) is 98.9 Å². The lowest BCUT2D eigenvalue weighted by atomic mass is 9.90. The van der Waals surface area contributed by atoms with E-state index in [1.54, 1.807) is 0 Å². The number of nitrogens with zero attached hydrogens (tertiary/aromatic N) is 2. The minimum Gasteiger partial charge on any atom is -0.435 e. The number of benzene rings is 8. The minimum absolute atomic E-state index is 0.347. The summed E-state index contributed by atoms with van der Waals surface area (Å²) >= 11 is 0. The molecule has 3 heteroatoms. The number of anilines is 3. The SMILES string of the molecule is C1=c2ccccc2=CC(c2ccc(N(c3ccc(-c4ccccc4)cc3)c3ccc4c(c3)c3ccccc3c3nc(-c5ccccc5)oc43)cc2)C1. The minimum atomic E-state index is 0.347. The van der Waals surface area contributed by atoms with Crippen molar-refractivity contribution in [2.75, 3.05) is 4.90 Å². The number of fused-ring (bicyclic) bond motifs is 7. The van der Waals surface area contributed by atoms with E-state index in [-0.39, 0.29) is 0 Å². The van der Waals surface area contributed by atoms with Crippen LogP contribution < -0.4 is 15.3 Å². The van der Waals surface area contributed by atoms with E-state index in [4.69, 9.17) is 9.40 Å². The first kappa shape index (κ1) is 30.1. The van der Waals surface area contributed by atoms with E-state index in [0.29, 0.717) is 11.8 Å². The molecule has 0 aliphatic heterocycles. The van der Waals surface area contributed by atoms with Gasteiger partial charge in [0.2, 0.25) is 5.89 Å². The molecule has 1 atom stereocenters. The van der Waals surface area contributed by atoms with E-state index in [1.165, 1.54) is 27.1 Å². The summed E-state index contributed by atoms with van der Waals surface area (Å²) < 4.78 is 6.56. The molecule has 9 aromatic rings. The van der Waals surface area contributed by atoms with Crippen LogP contribution in [-0.2, 0) is 0 Å². The Morgan fingerprint density at radius 2 is 1.08 bits per heavy atom. The number of hydrogen-bond donors (Lipinski definition) is 0. The Morgan fingerprint density at radius 3 is 1.83 bits per heavy atom. The fourth-order valence-corrected chi connectivity index (χ4v) is 7.78. The molecule has 8 aromatic carbocycles. The summed E-state index contributed by atoms with van der Waals surface area (Å²) in [4.78, 5) is 7.38. The molecule has 0 saturated carbocycles. The van der Waals surface area contributed by atoms with E-state index in [9.17, 15) is 0 Å². The van der Waals surface area contributed by atoms with Crippen molar-refractivity contribution in [3.63, 3.8) is 0 Å². The average molecular weight is 667 g/mol. The predicted molar refractivity (Wildman–Crippen MR) is 217 cm³/mol. The van der Waals surface area contributed by atoms with Gasteiger partial charge in [-0.1, -0.05) is 133 Å². The molecular formula is C49H34N2O. The van der Waals surface area contributed by atoms with Crippen molar-refractivity contribution < 1.29 is 4.42 Å². The van der Waals surface area contributed by atoms with Gasteiger partial charge in [-0.15, -0.1) is 0 Å². The maximum Gasteiger partial charge on any atom is 0.227 e. The van der Waals surface area contributed by atoms with Crippen LogP contribution in [-0.4, -0.2) is 4.98 Å². The summed E-state index contributed by atoms with van der Waals surface area (Å²) in [5, 5.41) is 7.04. The molecule has 52 heavy (non-hydrogen) atoms. The highest BCUT2D eigenvalue weighted by atomic mass is 16.3. The smallest absolute Gasteiger partial charge is 0.227 e. The van der Waals surface area contributed by atoms with Crippen molar-refractivity contribution in [1.29, 1.82) is 0 Å². The predicted octanol–water partition coefficient (Wildman–Crippen LogP) is 11.7. The molecule has 246 valence electrons. The first-order valence-electron chi connectivity index (χ1n) is 17.9. The fraction of sp³-hybridized carbons (Fsp3) is 0.0408. The normalized spacial score (nSPS) is 13.8. The van der Waals surface area contributed by atoms with Gasteiger partial charge in [0.15, 0.2) is 5.58 Å². The Bertz CT molecular complexity index is 2860.